The van der Waals surface area contributed by atoms with E-state index in [-0.39, 0.29) is 0 Å². The van der Waals surface area contributed by atoms with Gasteiger partial charge in [0.25, 0.3) is 0 Å². The minimum absolute atomic E-state index is 1.14. The Bertz CT molecular complexity index is 2520. The SMILES string of the molecule is c1cc(-c2cccc3ccccc23)cc(N(c2ccc3c(ccc4ccccc43)c2)c2ccc3c(c2)sc2ccccc23)c1. The Morgan fingerprint density at radius 1 is 0.341 bits per heavy atom. The molecule has 0 spiro atoms. The van der Waals surface area contributed by atoms with Crippen molar-refractivity contribution in [1.29, 1.82) is 0 Å². The Kier molecular flexibility index (Phi) is 5.75. The number of benzene rings is 8. The van der Waals surface area contributed by atoms with Gasteiger partial charge in [0.1, 0.15) is 0 Å². The molecule has 0 aliphatic rings. The molecule has 206 valence electrons. The molecule has 1 heterocycles. The predicted octanol–water partition coefficient (Wildman–Crippen LogP) is 12.7. The molecule has 0 N–H and O–H groups in total. The third-order valence-electron chi connectivity index (χ3n) is 8.81. The molecule has 0 amide bonds. The highest BCUT2D eigenvalue weighted by atomic mass is 32.1. The molecule has 0 saturated carbocycles. The zero-order valence-electron chi connectivity index (χ0n) is 23.9. The third kappa shape index (κ3) is 4.07. The number of hydrogen-bond acceptors (Lipinski definition) is 2. The quantitative estimate of drug-likeness (QED) is 0.188. The van der Waals surface area contributed by atoms with Gasteiger partial charge in [0.15, 0.2) is 0 Å². The smallest absolute Gasteiger partial charge is 0.0476 e. The van der Waals surface area contributed by atoms with Gasteiger partial charge < -0.3 is 4.90 Å². The lowest BCUT2D eigenvalue weighted by Gasteiger charge is -2.26. The van der Waals surface area contributed by atoms with Crippen LogP contribution in [0.5, 0.6) is 0 Å². The highest BCUT2D eigenvalue weighted by molar-refractivity contribution is 7.25. The van der Waals surface area contributed by atoms with Crippen molar-refractivity contribution in [2.45, 2.75) is 0 Å². The highest BCUT2D eigenvalue weighted by Gasteiger charge is 2.17. The van der Waals surface area contributed by atoms with E-state index in [9.17, 15) is 0 Å². The van der Waals surface area contributed by atoms with Crippen molar-refractivity contribution < 1.29 is 0 Å². The van der Waals surface area contributed by atoms with E-state index in [0.29, 0.717) is 0 Å². The summed E-state index contributed by atoms with van der Waals surface area (Å²) in [6.07, 6.45) is 0. The first-order chi connectivity index (χ1) is 21.8. The Hall–Kier alpha value is -5.44. The van der Waals surface area contributed by atoms with Crippen LogP contribution >= 0.6 is 11.3 Å². The Morgan fingerprint density at radius 3 is 1.82 bits per heavy atom. The first-order valence-corrected chi connectivity index (χ1v) is 15.8. The predicted molar refractivity (Wildman–Crippen MR) is 192 cm³/mol. The Labute approximate surface area is 259 Å². The molecule has 0 saturated heterocycles. The van der Waals surface area contributed by atoms with Gasteiger partial charge in [-0.2, -0.15) is 0 Å². The van der Waals surface area contributed by atoms with E-state index in [1.165, 1.54) is 63.6 Å². The topological polar surface area (TPSA) is 3.24 Å². The van der Waals surface area contributed by atoms with Gasteiger partial charge in [0.2, 0.25) is 0 Å². The van der Waals surface area contributed by atoms with Crippen molar-refractivity contribution >= 4 is 80.9 Å². The number of fused-ring (bicyclic) bond motifs is 7. The average Bonchev–Trinajstić information content (AvgIpc) is 3.46. The van der Waals surface area contributed by atoms with Crippen LogP contribution in [0.2, 0.25) is 0 Å². The van der Waals surface area contributed by atoms with Crippen molar-refractivity contribution in [3.05, 3.63) is 164 Å². The van der Waals surface area contributed by atoms with Gasteiger partial charge in [-0.3, -0.25) is 0 Å². The molecule has 0 unspecified atom stereocenters. The second-order valence-electron chi connectivity index (χ2n) is 11.4. The average molecular weight is 578 g/mol. The van der Waals surface area contributed by atoms with Crippen LogP contribution in [0.1, 0.15) is 0 Å². The van der Waals surface area contributed by atoms with Gasteiger partial charge >= 0.3 is 0 Å². The molecule has 9 aromatic rings. The first-order valence-electron chi connectivity index (χ1n) is 15.0. The normalized spacial score (nSPS) is 11.6. The molecule has 2 heteroatoms. The van der Waals surface area contributed by atoms with E-state index >= 15 is 0 Å². The summed E-state index contributed by atoms with van der Waals surface area (Å²) in [5.74, 6) is 0. The number of hydrogen-bond donors (Lipinski definition) is 0. The summed E-state index contributed by atoms with van der Waals surface area (Å²) >= 11 is 1.86. The van der Waals surface area contributed by atoms with Gasteiger partial charge in [0, 0.05) is 37.2 Å². The van der Waals surface area contributed by atoms with Crippen LogP contribution in [0.4, 0.5) is 17.1 Å². The van der Waals surface area contributed by atoms with Crippen LogP contribution in [0.3, 0.4) is 0 Å². The molecular formula is C42H27NS. The molecule has 0 aliphatic heterocycles. The van der Waals surface area contributed by atoms with E-state index < -0.39 is 0 Å². The largest absolute Gasteiger partial charge is 0.310 e. The van der Waals surface area contributed by atoms with Crippen LogP contribution in [0.25, 0.3) is 63.6 Å². The number of rotatable bonds is 4. The van der Waals surface area contributed by atoms with Crippen LogP contribution < -0.4 is 4.90 Å². The van der Waals surface area contributed by atoms with Gasteiger partial charge in [-0.15, -0.1) is 11.3 Å². The lowest BCUT2D eigenvalue weighted by Crippen LogP contribution is -2.10. The van der Waals surface area contributed by atoms with Crippen molar-refractivity contribution in [1.82, 2.24) is 0 Å². The molecular weight excluding hydrogens is 551 g/mol. The van der Waals surface area contributed by atoms with Crippen molar-refractivity contribution in [3.63, 3.8) is 0 Å². The molecule has 8 aromatic carbocycles. The minimum Gasteiger partial charge on any atom is -0.310 e. The summed E-state index contributed by atoms with van der Waals surface area (Å²) in [4.78, 5) is 2.41. The second kappa shape index (κ2) is 10.1. The zero-order valence-corrected chi connectivity index (χ0v) is 24.8. The Morgan fingerprint density at radius 2 is 0.932 bits per heavy atom. The highest BCUT2D eigenvalue weighted by Crippen LogP contribution is 2.43. The van der Waals surface area contributed by atoms with Crippen LogP contribution in [-0.4, -0.2) is 0 Å². The van der Waals surface area contributed by atoms with Gasteiger partial charge in [-0.1, -0.05) is 121 Å². The zero-order chi connectivity index (χ0) is 29.0. The van der Waals surface area contributed by atoms with E-state index in [1.54, 1.807) is 0 Å². The lowest BCUT2D eigenvalue weighted by molar-refractivity contribution is 1.30. The maximum absolute atomic E-state index is 2.41. The standard InChI is InChI=1S/C42H27NS/c1-3-14-35-28(9-1)11-8-17-37(35)30-12-7-13-32(25-30)43(34-22-24-40-39-16-5-6-18-41(39)44-42(40)27-34)33-21-23-38-31(26-33)20-19-29-10-2-4-15-36(29)38/h1-27H. The Balaban J connectivity index is 1.26. The summed E-state index contributed by atoms with van der Waals surface area (Å²) in [6, 6.07) is 59.9. The molecule has 9 rings (SSSR count). The van der Waals surface area contributed by atoms with Crippen molar-refractivity contribution in [3.8, 4) is 11.1 Å². The maximum atomic E-state index is 2.41. The van der Waals surface area contributed by atoms with Crippen LogP contribution in [0, 0.1) is 0 Å². The fourth-order valence-corrected chi connectivity index (χ4v) is 7.87. The molecule has 44 heavy (non-hydrogen) atoms. The molecule has 0 bridgehead atoms. The minimum atomic E-state index is 1.14. The number of anilines is 3. The monoisotopic (exact) mass is 577 g/mol. The summed E-state index contributed by atoms with van der Waals surface area (Å²) in [6.45, 7) is 0. The fraction of sp³-hybridized carbons (Fsp3) is 0. The number of nitrogens with zero attached hydrogens (tertiary/aromatic N) is 1. The molecule has 0 aliphatic carbocycles. The summed E-state index contributed by atoms with van der Waals surface area (Å²) in [7, 11) is 0. The molecule has 0 fully saturated rings. The lowest BCUT2D eigenvalue weighted by atomic mass is 9.97. The molecule has 1 nitrogen and oxygen atoms in total. The van der Waals surface area contributed by atoms with E-state index in [0.717, 1.165) is 17.1 Å². The van der Waals surface area contributed by atoms with Gasteiger partial charge in [-0.25, -0.2) is 0 Å². The number of thiophene rings is 1. The van der Waals surface area contributed by atoms with Crippen LogP contribution in [-0.2, 0) is 0 Å². The van der Waals surface area contributed by atoms with Gasteiger partial charge in [0.05, 0.1) is 0 Å². The second-order valence-corrected chi connectivity index (χ2v) is 12.5. The van der Waals surface area contributed by atoms with Gasteiger partial charge in [-0.05, 0) is 85.9 Å². The summed E-state index contributed by atoms with van der Waals surface area (Å²) < 4.78 is 2.62. The van der Waals surface area contributed by atoms with Crippen LogP contribution in [0.15, 0.2) is 164 Å². The fourth-order valence-electron chi connectivity index (χ4n) is 6.73. The summed E-state index contributed by atoms with van der Waals surface area (Å²) in [5, 5.41) is 10.2. The molecule has 1 aromatic heterocycles. The van der Waals surface area contributed by atoms with E-state index in [4.69, 9.17) is 0 Å². The summed E-state index contributed by atoms with van der Waals surface area (Å²) in [5.41, 5.74) is 5.88. The third-order valence-corrected chi connectivity index (χ3v) is 9.95. The maximum Gasteiger partial charge on any atom is 0.0476 e. The van der Waals surface area contributed by atoms with E-state index in [1.807, 2.05) is 11.3 Å². The molecule has 0 atom stereocenters. The molecule has 0 radical (unpaired) electrons. The van der Waals surface area contributed by atoms with E-state index in [2.05, 4.69) is 169 Å². The first kappa shape index (κ1) is 25.1. The van der Waals surface area contributed by atoms with Crippen molar-refractivity contribution in [2.24, 2.45) is 0 Å². The van der Waals surface area contributed by atoms with Crippen molar-refractivity contribution in [2.75, 3.05) is 4.90 Å².